The fourth-order valence-corrected chi connectivity index (χ4v) is 4.40. The van der Waals surface area contributed by atoms with Gasteiger partial charge in [0, 0.05) is 33.0 Å². The van der Waals surface area contributed by atoms with Gasteiger partial charge < -0.3 is 18.7 Å². The van der Waals surface area contributed by atoms with Gasteiger partial charge in [0.25, 0.3) is 5.91 Å². The molecule has 2 aromatic heterocycles. The van der Waals surface area contributed by atoms with E-state index in [-0.39, 0.29) is 11.5 Å². The van der Waals surface area contributed by atoms with Crippen LogP contribution in [-0.2, 0) is 11.2 Å². The first-order valence-electron chi connectivity index (χ1n) is 9.61. The highest BCUT2D eigenvalue weighted by Crippen LogP contribution is 2.39. The molecule has 4 heterocycles. The minimum Gasteiger partial charge on any atom is -0.375 e. The number of amides is 1. The van der Waals surface area contributed by atoms with Crippen molar-refractivity contribution in [3.8, 4) is 0 Å². The predicted molar refractivity (Wildman–Crippen MR) is 95.3 cm³/mol. The van der Waals surface area contributed by atoms with Gasteiger partial charge in [-0.1, -0.05) is 10.3 Å². The Labute approximate surface area is 158 Å². The molecule has 0 N–H and O–H groups in total. The van der Waals surface area contributed by atoms with Crippen molar-refractivity contribution in [2.24, 2.45) is 5.92 Å². The van der Waals surface area contributed by atoms with Crippen LogP contribution in [0.5, 0.6) is 0 Å². The summed E-state index contributed by atoms with van der Waals surface area (Å²) in [5, 5.41) is 7.93. The third-order valence-corrected chi connectivity index (χ3v) is 5.85. The summed E-state index contributed by atoms with van der Waals surface area (Å²) in [6.07, 6.45) is 4.52. The zero-order valence-corrected chi connectivity index (χ0v) is 16.2. The molecule has 2 aliphatic heterocycles. The van der Waals surface area contributed by atoms with E-state index in [1.54, 1.807) is 6.92 Å². The van der Waals surface area contributed by atoms with Gasteiger partial charge in [0.15, 0.2) is 5.82 Å². The summed E-state index contributed by atoms with van der Waals surface area (Å²) < 4.78 is 16.4. The maximum Gasteiger partial charge on any atom is 0.259 e. The number of aromatic nitrogens is 3. The Hall–Kier alpha value is -2.22. The standard InChI is InChI=1S/C19H26N4O4/c1-12-17(13(2)26-21-12)18(24)23-7-5-19(6-8-23)11-15(4-9-25-19)10-16-20-14(3)27-22-16/h15H,4-11H2,1-3H3. The van der Waals surface area contributed by atoms with Crippen LogP contribution in [0.15, 0.2) is 9.05 Å². The molecule has 1 amide bonds. The van der Waals surface area contributed by atoms with Crippen LogP contribution in [-0.4, -0.2) is 51.4 Å². The zero-order chi connectivity index (χ0) is 19.0. The number of carbonyl (C=O) groups is 1. The average Bonchev–Trinajstić information content (AvgIpc) is 3.20. The lowest BCUT2D eigenvalue weighted by Crippen LogP contribution is -2.51. The molecule has 1 unspecified atom stereocenters. The molecule has 2 aliphatic rings. The van der Waals surface area contributed by atoms with Crippen molar-refractivity contribution in [2.75, 3.05) is 19.7 Å². The van der Waals surface area contributed by atoms with E-state index in [9.17, 15) is 4.79 Å². The van der Waals surface area contributed by atoms with Crippen LogP contribution in [0.1, 0.15) is 59.2 Å². The van der Waals surface area contributed by atoms with E-state index in [0.29, 0.717) is 41.9 Å². The Bertz CT molecular complexity index is 800. The molecular formula is C19H26N4O4. The van der Waals surface area contributed by atoms with Crippen LogP contribution < -0.4 is 0 Å². The molecule has 0 bridgehead atoms. The minimum absolute atomic E-state index is 0.00994. The molecule has 2 aromatic rings. The van der Waals surface area contributed by atoms with Gasteiger partial charge in [-0.15, -0.1) is 0 Å². The number of hydrogen-bond donors (Lipinski definition) is 0. The summed E-state index contributed by atoms with van der Waals surface area (Å²) in [6.45, 7) is 7.54. The van der Waals surface area contributed by atoms with Gasteiger partial charge in [-0.25, -0.2) is 0 Å². The molecular weight excluding hydrogens is 348 g/mol. The van der Waals surface area contributed by atoms with E-state index in [0.717, 1.165) is 44.5 Å². The van der Waals surface area contributed by atoms with Gasteiger partial charge in [-0.05, 0) is 45.4 Å². The molecule has 27 heavy (non-hydrogen) atoms. The van der Waals surface area contributed by atoms with Gasteiger partial charge in [-0.3, -0.25) is 4.79 Å². The first-order chi connectivity index (χ1) is 13.0. The van der Waals surface area contributed by atoms with E-state index in [4.69, 9.17) is 13.8 Å². The highest BCUT2D eigenvalue weighted by atomic mass is 16.5. The molecule has 1 atom stereocenters. The van der Waals surface area contributed by atoms with Crippen LogP contribution in [0, 0.1) is 26.7 Å². The van der Waals surface area contributed by atoms with Crippen LogP contribution >= 0.6 is 0 Å². The highest BCUT2D eigenvalue weighted by Gasteiger charge is 2.42. The Morgan fingerprint density at radius 1 is 1.19 bits per heavy atom. The number of nitrogens with zero attached hydrogens (tertiary/aromatic N) is 4. The first kappa shape index (κ1) is 18.2. The first-order valence-corrected chi connectivity index (χ1v) is 9.61. The Morgan fingerprint density at radius 3 is 2.59 bits per heavy atom. The minimum atomic E-state index is -0.142. The molecule has 0 radical (unpaired) electrons. The smallest absolute Gasteiger partial charge is 0.259 e. The van der Waals surface area contributed by atoms with Crippen molar-refractivity contribution in [2.45, 2.75) is 58.5 Å². The van der Waals surface area contributed by atoms with Gasteiger partial charge >= 0.3 is 0 Å². The highest BCUT2D eigenvalue weighted by molar-refractivity contribution is 5.96. The summed E-state index contributed by atoms with van der Waals surface area (Å²) >= 11 is 0. The number of rotatable bonds is 3. The molecule has 8 heteroatoms. The molecule has 146 valence electrons. The number of aryl methyl sites for hydroxylation is 3. The summed E-state index contributed by atoms with van der Waals surface area (Å²) in [4.78, 5) is 19.1. The Balaban J connectivity index is 1.38. The van der Waals surface area contributed by atoms with Crippen LogP contribution in [0.2, 0.25) is 0 Å². The Morgan fingerprint density at radius 2 is 1.96 bits per heavy atom. The molecule has 0 saturated carbocycles. The fraction of sp³-hybridized carbons (Fsp3) is 0.684. The van der Waals surface area contributed by atoms with Crippen LogP contribution in [0.4, 0.5) is 0 Å². The predicted octanol–water partition coefficient (Wildman–Crippen LogP) is 2.63. The topological polar surface area (TPSA) is 94.5 Å². The second-order valence-corrected chi connectivity index (χ2v) is 7.82. The van der Waals surface area contributed by atoms with Gasteiger partial charge in [-0.2, -0.15) is 4.98 Å². The van der Waals surface area contributed by atoms with Crippen molar-refractivity contribution in [1.82, 2.24) is 20.2 Å². The zero-order valence-electron chi connectivity index (χ0n) is 16.2. The quantitative estimate of drug-likeness (QED) is 0.815. The summed E-state index contributed by atoms with van der Waals surface area (Å²) in [7, 11) is 0. The summed E-state index contributed by atoms with van der Waals surface area (Å²) in [6, 6.07) is 0. The summed E-state index contributed by atoms with van der Waals surface area (Å²) in [5.41, 5.74) is 1.11. The number of likely N-dealkylation sites (tertiary alicyclic amines) is 1. The van der Waals surface area contributed by atoms with E-state index in [2.05, 4.69) is 15.3 Å². The Kier molecular flexibility index (Phi) is 4.75. The van der Waals surface area contributed by atoms with Crippen LogP contribution in [0.3, 0.4) is 0 Å². The molecule has 0 aromatic carbocycles. The van der Waals surface area contributed by atoms with Crippen molar-refractivity contribution in [3.63, 3.8) is 0 Å². The molecule has 8 nitrogen and oxygen atoms in total. The largest absolute Gasteiger partial charge is 0.375 e. The second kappa shape index (κ2) is 7.07. The lowest BCUT2D eigenvalue weighted by molar-refractivity contribution is -0.123. The maximum absolute atomic E-state index is 12.8. The lowest BCUT2D eigenvalue weighted by atomic mass is 9.78. The third kappa shape index (κ3) is 3.63. The lowest BCUT2D eigenvalue weighted by Gasteiger charge is -2.46. The van der Waals surface area contributed by atoms with Crippen molar-refractivity contribution in [3.05, 3.63) is 28.7 Å². The fourth-order valence-electron chi connectivity index (χ4n) is 4.40. The number of ether oxygens (including phenoxy) is 1. The number of hydrogen-bond acceptors (Lipinski definition) is 7. The van der Waals surface area contributed by atoms with Gasteiger partial charge in [0.05, 0.1) is 11.3 Å². The monoisotopic (exact) mass is 374 g/mol. The van der Waals surface area contributed by atoms with E-state index in [1.807, 2.05) is 18.7 Å². The maximum atomic E-state index is 12.8. The van der Waals surface area contributed by atoms with Crippen molar-refractivity contribution in [1.29, 1.82) is 0 Å². The molecule has 1 spiro atoms. The molecule has 0 aliphatic carbocycles. The molecule has 2 fully saturated rings. The van der Waals surface area contributed by atoms with E-state index in [1.165, 1.54) is 0 Å². The third-order valence-electron chi connectivity index (χ3n) is 5.85. The number of carbonyl (C=O) groups excluding carboxylic acids is 1. The number of piperidine rings is 1. The summed E-state index contributed by atoms with van der Waals surface area (Å²) in [5.74, 6) is 2.47. The van der Waals surface area contributed by atoms with E-state index < -0.39 is 0 Å². The molecule has 4 rings (SSSR count). The average molecular weight is 374 g/mol. The second-order valence-electron chi connectivity index (χ2n) is 7.82. The SMILES string of the molecule is Cc1nc(CC2CCOC3(CCN(C(=O)c4c(C)noc4C)CC3)C2)no1. The van der Waals surface area contributed by atoms with Crippen LogP contribution in [0.25, 0.3) is 0 Å². The van der Waals surface area contributed by atoms with Crippen molar-refractivity contribution < 1.29 is 18.6 Å². The normalized spacial score (nSPS) is 22.3. The van der Waals surface area contributed by atoms with Gasteiger partial charge in [0.2, 0.25) is 5.89 Å². The van der Waals surface area contributed by atoms with Crippen molar-refractivity contribution >= 4 is 5.91 Å². The molecule has 2 saturated heterocycles. The van der Waals surface area contributed by atoms with E-state index >= 15 is 0 Å². The van der Waals surface area contributed by atoms with Gasteiger partial charge in [0.1, 0.15) is 11.3 Å².